The van der Waals surface area contributed by atoms with Gasteiger partial charge >= 0.3 is 0 Å². The lowest BCUT2D eigenvalue weighted by Gasteiger charge is -2.42. The average Bonchev–Trinajstić information content (AvgIpc) is 2.52. The van der Waals surface area contributed by atoms with Crippen molar-refractivity contribution in [3.05, 3.63) is 42.1 Å². The van der Waals surface area contributed by atoms with Gasteiger partial charge in [-0.2, -0.15) is 5.26 Å². The lowest BCUT2D eigenvalue weighted by molar-refractivity contribution is 0.0438. The zero-order valence-electron chi connectivity index (χ0n) is 12.9. The van der Waals surface area contributed by atoms with Gasteiger partial charge in [0.15, 0.2) is 0 Å². The number of nitrogens with zero attached hydrogens (tertiary/aromatic N) is 3. The number of amides is 1. The Labute approximate surface area is 130 Å². The minimum absolute atomic E-state index is 0.0647. The summed E-state index contributed by atoms with van der Waals surface area (Å²) >= 11 is 0. The quantitative estimate of drug-likeness (QED) is 0.809. The lowest BCUT2D eigenvalue weighted by Crippen LogP contribution is -2.51. The number of carbonyl (C=O) groups excluding carboxylic acids is 1. The molecule has 1 fully saturated rings. The molecule has 0 aliphatic carbocycles. The summed E-state index contributed by atoms with van der Waals surface area (Å²) in [6.45, 7) is 4.76. The molecular weight excluding hydrogens is 274 g/mol. The number of nitriles is 1. The van der Waals surface area contributed by atoms with E-state index in [1.807, 2.05) is 24.3 Å². The summed E-state index contributed by atoms with van der Waals surface area (Å²) in [7, 11) is 0. The molecule has 1 aliphatic rings. The van der Waals surface area contributed by atoms with Gasteiger partial charge in [0.2, 0.25) is 0 Å². The van der Waals surface area contributed by atoms with E-state index in [4.69, 9.17) is 0 Å². The van der Waals surface area contributed by atoms with Gasteiger partial charge in [-0.15, -0.1) is 0 Å². The first kappa shape index (κ1) is 14.5. The highest BCUT2D eigenvalue weighted by Crippen LogP contribution is 2.35. The number of carbonyl (C=O) groups is 1. The third-order valence-electron chi connectivity index (χ3n) is 4.51. The molecule has 2 aromatic rings. The number of hydrogen-bond acceptors (Lipinski definition) is 3. The van der Waals surface area contributed by atoms with E-state index in [1.165, 1.54) is 0 Å². The summed E-state index contributed by atoms with van der Waals surface area (Å²) < 4.78 is 0. The van der Waals surface area contributed by atoms with Crippen molar-refractivity contribution in [2.24, 2.45) is 5.41 Å². The van der Waals surface area contributed by atoms with Crippen LogP contribution in [0.2, 0.25) is 0 Å². The van der Waals surface area contributed by atoms with Crippen molar-refractivity contribution >= 4 is 16.8 Å². The molecule has 2 heterocycles. The molecule has 0 N–H and O–H groups in total. The van der Waals surface area contributed by atoms with Gasteiger partial charge in [-0.25, -0.2) is 0 Å². The molecule has 112 valence electrons. The molecule has 22 heavy (non-hydrogen) atoms. The van der Waals surface area contributed by atoms with Gasteiger partial charge in [0.05, 0.1) is 11.6 Å². The molecule has 0 unspecified atom stereocenters. The van der Waals surface area contributed by atoms with Gasteiger partial charge in [0.1, 0.15) is 6.04 Å². The van der Waals surface area contributed by atoms with Crippen LogP contribution in [0.1, 0.15) is 37.0 Å². The van der Waals surface area contributed by atoms with Crippen molar-refractivity contribution in [1.29, 1.82) is 5.26 Å². The van der Waals surface area contributed by atoms with E-state index < -0.39 is 0 Å². The molecule has 1 aliphatic heterocycles. The number of pyridine rings is 1. The van der Waals surface area contributed by atoms with E-state index in [9.17, 15) is 10.1 Å². The number of rotatable bonds is 1. The van der Waals surface area contributed by atoms with Crippen LogP contribution in [0.4, 0.5) is 0 Å². The van der Waals surface area contributed by atoms with Crippen LogP contribution in [0.5, 0.6) is 0 Å². The number of aromatic nitrogens is 1. The minimum atomic E-state index is -0.377. The van der Waals surface area contributed by atoms with Crippen LogP contribution in [0.25, 0.3) is 10.9 Å². The Morgan fingerprint density at radius 3 is 3.00 bits per heavy atom. The normalized spacial score (nSPS) is 20.6. The number of benzene rings is 1. The fourth-order valence-corrected chi connectivity index (χ4v) is 3.23. The Balaban J connectivity index is 1.96. The lowest BCUT2D eigenvalue weighted by atomic mass is 9.77. The Bertz CT molecular complexity index is 760. The third kappa shape index (κ3) is 2.43. The van der Waals surface area contributed by atoms with Gasteiger partial charge in [0, 0.05) is 23.7 Å². The fourth-order valence-electron chi connectivity index (χ4n) is 3.23. The molecule has 0 saturated carbocycles. The molecule has 1 aromatic carbocycles. The molecular formula is C18H19N3O. The van der Waals surface area contributed by atoms with Crippen LogP contribution < -0.4 is 0 Å². The van der Waals surface area contributed by atoms with Crippen molar-refractivity contribution in [1.82, 2.24) is 9.88 Å². The summed E-state index contributed by atoms with van der Waals surface area (Å²) in [5, 5.41) is 10.5. The van der Waals surface area contributed by atoms with Gasteiger partial charge in [-0.3, -0.25) is 9.78 Å². The van der Waals surface area contributed by atoms with Crippen LogP contribution in [0, 0.1) is 16.7 Å². The predicted octanol–water partition coefficient (Wildman–Crippen LogP) is 3.39. The van der Waals surface area contributed by atoms with Crippen LogP contribution >= 0.6 is 0 Å². The van der Waals surface area contributed by atoms with E-state index in [0.29, 0.717) is 12.1 Å². The standard InChI is InChI=1S/C18H19N3O/c1-18(2)8-4-10-21(16(18)12-19)17(22)14-6-7-15-13(11-14)5-3-9-20-15/h3,5-7,9,11,16H,4,8,10H2,1-2H3/t16-/m0/s1. The molecule has 4 nitrogen and oxygen atoms in total. The zero-order chi connectivity index (χ0) is 15.7. The molecule has 0 spiro atoms. The second-order valence-corrected chi connectivity index (χ2v) is 6.53. The van der Waals surface area contributed by atoms with E-state index in [1.54, 1.807) is 17.2 Å². The Morgan fingerprint density at radius 2 is 2.23 bits per heavy atom. The smallest absolute Gasteiger partial charge is 0.254 e. The van der Waals surface area contributed by atoms with Gasteiger partial charge < -0.3 is 4.90 Å². The molecule has 1 atom stereocenters. The highest BCUT2D eigenvalue weighted by atomic mass is 16.2. The maximum atomic E-state index is 12.9. The van der Waals surface area contributed by atoms with Crippen molar-refractivity contribution in [2.75, 3.05) is 6.54 Å². The molecule has 1 aromatic heterocycles. The largest absolute Gasteiger partial charge is 0.322 e. The first-order valence-electron chi connectivity index (χ1n) is 7.58. The Morgan fingerprint density at radius 1 is 1.41 bits per heavy atom. The molecule has 3 rings (SSSR count). The highest BCUT2D eigenvalue weighted by Gasteiger charge is 2.40. The maximum Gasteiger partial charge on any atom is 0.254 e. The van der Waals surface area contributed by atoms with Crippen molar-refractivity contribution in [3.8, 4) is 6.07 Å². The average molecular weight is 293 g/mol. The molecule has 1 amide bonds. The summed E-state index contributed by atoms with van der Waals surface area (Å²) in [5.41, 5.74) is 1.33. The number of piperidine rings is 1. The number of hydrogen-bond donors (Lipinski definition) is 0. The Kier molecular flexibility index (Phi) is 3.58. The second kappa shape index (κ2) is 5.42. The SMILES string of the molecule is CC1(C)CCCN(C(=O)c2ccc3ncccc3c2)[C@H]1C#N. The van der Waals surface area contributed by atoms with E-state index in [-0.39, 0.29) is 17.4 Å². The molecule has 4 heteroatoms. The van der Waals surface area contributed by atoms with Gasteiger partial charge in [-0.05, 0) is 42.5 Å². The topological polar surface area (TPSA) is 57.0 Å². The first-order chi connectivity index (χ1) is 10.5. The maximum absolute atomic E-state index is 12.9. The van der Waals surface area contributed by atoms with Crippen molar-refractivity contribution < 1.29 is 4.79 Å². The zero-order valence-corrected chi connectivity index (χ0v) is 12.9. The van der Waals surface area contributed by atoms with E-state index >= 15 is 0 Å². The highest BCUT2D eigenvalue weighted by molar-refractivity contribution is 5.98. The Hall–Kier alpha value is -2.41. The van der Waals surface area contributed by atoms with E-state index in [0.717, 1.165) is 23.7 Å². The van der Waals surface area contributed by atoms with Crippen molar-refractivity contribution in [3.63, 3.8) is 0 Å². The molecule has 0 radical (unpaired) electrons. The number of fused-ring (bicyclic) bond motifs is 1. The fraction of sp³-hybridized carbons (Fsp3) is 0.389. The van der Waals surface area contributed by atoms with Gasteiger partial charge in [0.25, 0.3) is 5.91 Å². The predicted molar refractivity (Wildman–Crippen MR) is 85.2 cm³/mol. The van der Waals surface area contributed by atoms with Crippen LogP contribution in [0.15, 0.2) is 36.5 Å². The van der Waals surface area contributed by atoms with Crippen LogP contribution in [-0.4, -0.2) is 28.4 Å². The summed E-state index contributed by atoms with van der Waals surface area (Å²) in [4.78, 5) is 18.8. The summed E-state index contributed by atoms with van der Waals surface area (Å²) in [5.74, 6) is -0.0647. The van der Waals surface area contributed by atoms with Crippen LogP contribution in [0.3, 0.4) is 0 Å². The van der Waals surface area contributed by atoms with Gasteiger partial charge in [-0.1, -0.05) is 19.9 Å². The monoisotopic (exact) mass is 293 g/mol. The van der Waals surface area contributed by atoms with E-state index in [2.05, 4.69) is 24.9 Å². The molecule has 1 saturated heterocycles. The first-order valence-corrected chi connectivity index (χ1v) is 7.58. The second-order valence-electron chi connectivity index (χ2n) is 6.53. The van der Waals surface area contributed by atoms with Crippen molar-refractivity contribution in [2.45, 2.75) is 32.7 Å². The molecule has 0 bridgehead atoms. The third-order valence-corrected chi connectivity index (χ3v) is 4.51. The van der Waals surface area contributed by atoms with Crippen LogP contribution in [-0.2, 0) is 0 Å². The number of likely N-dealkylation sites (tertiary alicyclic amines) is 1. The summed E-state index contributed by atoms with van der Waals surface area (Å²) in [6.07, 6.45) is 3.64. The minimum Gasteiger partial charge on any atom is -0.322 e. The summed E-state index contributed by atoms with van der Waals surface area (Å²) in [6, 6.07) is 11.3.